The van der Waals surface area contributed by atoms with Crippen LogP contribution < -0.4 is 15.4 Å². The Bertz CT molecular complexity index is 718. The Morgan fingerprint density at radius 1 is 1.15 bits per heavy atom. The molecule has 0 unspecified atom stereocenters. The fourth-order valence-electron chi connectivity index (χ4n) is 3.70. The second-order valence-corrected chi connectivity index (χ2v) is 7.36. The van der Waals surface area contributed by atoms with E-state index in [4.69, 9.17) is 9.47 Å². The fraction of sp³-hybridized carbons (Fsp3) is 0.524. The number of rotatable bonds is 5. The van der Waals surface area contributed by atoms with Crippen LogP contribution in [0.1, 0.15) is 58.1 Å². The van der Waals surface area contributed by atoms with Crippen molar-refractivity contribution in [1.82, 2.24) is 10.6 Å². The molecule has 0 aromatic heterocycles. The summed E-state index contributed by atoms with van der Waals surface area (Å²) in [6, 6.07) is 6.55. The summed E-state index contributed by atoms with van der Waals surface area (Å²) >= 11 is 0. The first kappa shape index (κ1) is 19.3. The Morgan fingerprint density at radius 3 is 2.44 bits per heavy atom. The van der Waals surface area contributed by atoms with E-state index in [0.29, 0.717) is 23.8 Å². The monoisotopic (exact) mass is 372 g/mol. The maximum atomic E-state index is 12.9. The lowest BCUT2D eigenvalue weighted by Crippen LogP contribution is -2.45. The third kappa shape index (κ3) is 4.62. The number of carbonyl (C=O) groups is 2. The first-order valence-electron chi connectivity index (χ1n) is 9.70. The van der Waals surface area contributed by atoms with E-state index >= 15 is 0 Å². The lowest BCUT2D eigenvalue weighted by molar-refractivity contribution is -0.146. The predicted octanol–water partition coefficient (Wildman–Crippen LogP) is 3.84. The minimum absolute atomic E-state index is 0.0485. The number of amides is 2. The Balaban J connectivity index is 1.79. The van der Waals surface area contributed by atoms with Crippen LogP contribution in [0.2, 0.25) is 0 Å². The molecule has 1 fully saturated rings. The molecule has 2 amide bonds. The molecule has 1 aromatic carbocycles. The van der Waals surface area contributed by atoms with Gasteiger partial charge in [0.2, 0.25) is 0 Å². The molecule has 0 spiro atoms. The predicted molar refractivity (Wildman–Crippen MR) is 102 cm³/mol. The lowest BCUT2D eigenvalue weighted by Gasteiger charge is -2.31. The van der Waals surface area contributed by atoms with Gasteiger partial charge < -0.3 is 20.1 Å². The summed E-state index contributed by atoms with van der Waals surface area (Å²) in [5, 5.41) is 5.53. The van der Waals surface area contributed by atoms with Crippen molar-refractivity contribution in [3.05, 3.63) is 41.1 Å². The van der Waals surface area contributed by atoms with Gasteiger partial charge in [-0.25, -0.2) is 9.59 Å². The number of ether oxygens (including phenoxy) is 2. The zero-order chi connectivity index (χ0) is 19.4. The maximum absolute atomic E-state index is 12.9. The number of hydrogen-bond donors (Lipinski definition) is 2. The number of benzene rings is 1. The molecule has 0 bridgehead atoms. The van der Waals surface area contributed by atoms with Gasteiger partial charge in [-0.1, -0.05) is 19.1 Å². The zero-order valence-electron chi connectivity index (χ0n) is 16.2. The van der Waals surface area contributed by atoms with Gasteiger partial charge in [0.05, 0.1) is 18.2 Å². The highest BCUT2D eigenvalue weighted by molar-refractivity contribution is 5.95. The number of nitrogens with one attached hydrogen (secondary N) is 2. The largest absolute Gasteiger partial charge is 0.494 e. The number of esters is 1. The van der Waals surface area contributed by atoms with E-state index in [0.717, 1.165) is 37.0 Å². The molecule has 6 heteroatoms. The van der Waals surface area contributed by atoms with Gasteiger partial charge >= 0.3 is 12.0 Å². The molecule has 2 aliphatic rings. The van der Waals surface area contributed by atoms with Crippen LogP contribution in [0.3, 0.4) is 0 Å². The summed E-state index contributed by atoms with van der Waals surface area (Å²) in [5.74, 6) is 1.08. The molecule has 1 aliphatic carbocycles. The second-order valence-electron chi connectivity index (χ2n) is 7.36. The highest BCUT2D eigenvalue weighted by atomic mass is 16.5. The quantitative estimate of drug-likeness (QED) is 0.770. The molecule has 1 saturated carbocycles. The van der Waals surface area contributed by atoms with Crippen molar-refractivity contribution in [1.29, 1.82) is 0 Å². The second kappa shape index (κ2) is 8.46. The summed E-state index contributed by atoms with van der Waals surface area (Å²) in [7, 11) is 0. The van der Waals surface area contributed by atoms with Crippen molar-refractivity contribution >= 4 is 12.0 Å². The van der Waals surface area contributed by atoms with Crippen molar-refractivity contribution in [2.75, 3.05) is 6.61 Å². The van der Waals surface area contributed by atoms with Crippen molar-refractivity contribution in [3.8, 4) is 5.75 Å². The number of carbonyl (C=O) groups excluding carboxylic acids is 2. The van der Waals surface area contributed by atoms with Gasteiger partial charge in [-0.15, -0.1) is 0 Å². The summed E-state index contributed by atoms with van der Waals surface area (Å²) in [6.45, 7) is 6.47. The zero-order valence-corrected chi connectivity index (χ0v) is 16.2. The standard InChI is InChI=1S/C21H28N2O4/c1-4-26-16-11-7-15(8-12-16)19-18(14(3)22-21(25)23-19)20(24)27-17-9-5-13(2)6-10-17/h7-8,11-13,17,19H,4-6,9-10H2,1-3H3,(H2,22,23,25)/t13?,17?,19-/m0/s1. The molecule has 1 heterocycles. The normalized spacial score (nSPS) is 25.4. The van der Waals surface area contributed by atoms with E-state index in [1.807, 2.05) is 31.2 Å². The van der Waals surface area contributed by atoms with Gasteiger partial charge in [-0.2, -0.15) is 0 Å². The molecule has 2 N–H and O–H groups in total. The number of urea groups is 1. The van der Waals surface area contributed by atoms with Crippen molar-refractivity contribution in [3.63, 3.8) is 0 Å². The Morgan fingerprint density at radius 2 is 1.81 bits per heavy atom. The first-order chi connectivity index (χ1) is 13.0. The van der Waals surface area contributed by atoms with E-state index in [1.54, 1.807) is 6.92 Å². The van der Waals surface area contributed by atoms with E-state index in [2.05, 4.69) is 17.6 Å². The molecule has 27 heavy (non-hydrogen) atoms. The van der Waals surface area contributed by atoms with Crippen LogP contribution >= 0.6 is 0 Å². The number of allylic oxidation sites excluding steroid dienone is 1. The summed E-state index contributed by atoms with van der Waals surface area (Å²) < 4.78 is 11.3. The number of hydrogen-bond acceptors (Lipinski definition) is 4. The van der Waals surface area contributed by atoms with Gasteiger partial charge in [0.1, 0.15) is 11.9 Å². The third-order valence-electron chi connectivity index (χ3n) is 5.25. The van der Waals surface area contributed by atoms with E-state index in [1.165, 1.54) is 0 Å². The van der Waals surface area contributed by atoms with E-state index in [-0.39, 0.29) is 18.1 Å². The van der Waals surface area contributed by atoms with Crippen LogP contribution in [0.25, 0.3) is 0 Å². The van der Waals surface area contributed by atoms with Crippen molar-refractivity contribution in [2.45, 2.75) is 58.6 Å². The van der Waals surface area contributed by atoms with Gasteiger partial charge in [0.15, 0.2) is 0 Å². The molecule has 0 radical (unpaired) electrons. The lowest BCUT2D eigenvalue weighted by atomic mass is 9.89. The average molecular weight is 372 g/mol. The highest BCUT2D eigenvalue weighted by Crippen LogP contribution is 2.31. The summed E-state index contributed by atoms with van der Waals surface area (Å²) in [4.78, 5) is 24.9. The Hall–Kier alpha value is -2.50. The molecular formula is C21H28N2O4. The Kier molecular flexibility index (Phi) is 6.04. The van der Waals surface area contributed by atoms with Crippen molar-refractivity contribution in [2.24, 2.45) is 5.92 Å². The minimum Gasteiger partial charge on any atom is -0.494 e. The average Bonchev–Trinajstić information content (AvgIpc) is 2.64. The van der Waals surface area contributed by atoms with Gasteiger partial charge in [-0.05, 0) is 63.1 Å². The SMILES string of the molecule is CCOc1ccc([C@@H]2NC(=O)NC(C)=C2C(=O)OC2CCC(C)CC2)cc1. The minimum atomic E-state index is -0.538. The Labute approximate surface area is 160 Å². The van der Waals surface area contributed by atoms with Crippen LogP contribution in [0.4, 0.5) is 4.79 Å². The van der Waals surface area contributed by atoms with Gasteiger partial charge in [0.25, 0.3) is 0 Å². The van der Waals surface area contributed by atoms with Crippen LogP contribution in [-0.4, -0.2) is 24.7 Å². The summed E-state index contributed by atoms with van der Waals surface area (Å²) in [5.41, 5.74) is 1.81. The van der Waals surface area contributed by atoms with E-state index < -0.39 is 6.04 Å². The van der Waals surface area contributed by atoms with Crippen LogP contribution in [-0.2, 0) is 9.53 Å². The first-order valence-corrected chi connectivity index (χ1v) is 9.70. The van der Waals surface area contributed by atoms with E-state index in [9.17, 15) is 9.59 Å². The highest BCUT2D eigenvalue weighted by Gasteiger charge is 2.34. The molecule has 1 aromatic rings. The van der Waals surface area contributed by atoms with Gasteiger partial charge in [0, 0.05) is 5.70 Å². The molecular weight excluding hydrogens is 344 g/mol. The topological polar surface area (TPSA) is 76.7 Å². The molecule has 1 atom stereocenters. The molecule has 146 valence electrons. The summed E-state index contributed by atoms with van der Waals surface area (Å²) in [6.07, 6.45) is 3.90. The van der Waals surface area contributed by atoms with Crippen LogP contribution in [0.15, 0.2) is 35.5 Å². The fourth-order valence-corrected chi connectivity index (χ4v) is 3.70. The van der Waals surface area contributed by atoms with Crippen molar-refractivity contribution < 1.29 is 19.1 Å². The van der Waals surface area contributed by atoms with Crippen LogP contribution in [0, 0.1) is 5.92 Å². The molecule has 6 nitrogen and oxygen atoms in total. The smallest absolute Gasteiger partial charge is 0.338 e. The van der Waals surface area contributed by atoms with Gasteiger partial charge in [-0.3, -0.25) is 0 Å². The molecule has 3 rings (SSSR count). The van der Waals surface area contributed by atoms with Crippen LogP contribution in [0.5, 0.6) is 5.75 Å². The maximum Gasteiger partial charge on any atom is 0.338 e. The molecule has 1 aliphatic heterocycles. The third-order valence-corrected chi connectivity index (χ3v) is 5.25. The molecule has 0 saturated heterocycles.